The highest BCUT2D eigenvalue weighted by atomic mass is 16.1. The van der Waals surface area contributed by atoms with E-state index in [0.29, 0.717) is 12.3 Å². The zero-order valence-electron chi connectivity index (χ0n) is 8.17. The minimum absolute atomic E-state index is 0.00407. The Morgan fingerprint density at radius 2 is 1.77 bits per heavy atom. The lowest BCUT2D eigenvalue weighted by atomic mass is 9.90. The molecule has 1 aliphatic carbocycles. The van der Waals surface area contributed by atoms with Crippen molar-refractivity contribution in [2.24, 2.45) is 17.4 Å². The number of hydrogen-bond acceptors (Lipinski definition) is 2. The minimum Gasteiger partial charge on any atom is -0.370 e. The molecule has 3 heteroatoms. The molecule has 0 radical (unpaired) electrons. The standard InChI is InChI=1S/C10H20N2O/c11-9(7-10(12)13)8-5-3-1-2-4-6-8/h8-9H,1-7,11H2,(H2,12,13). The molecule has 1 saturated carbocycles. The molecule has 1 unspecified atom stereocenters. The number of rotatable bonds is 3. The zero-order chi connectivity index (χ0) is 9.68. The topological polar surface area (TPSA) is 69.1 Å². The largest absolute Gasteiger partial charge is 0.370 e. The van der Waals surface area contributed by atoms with Crippen LogP contribution in [0.2, 0.25) is 0 Å². The maximum Gasteiger partial charge on any atom is 0.218 e. The fraction of sp³-hybridized carbons (Fsp3) is 0.900. The van der Waals surface area contributed by atoms with Crippen molar-refractivity contribution in [3.8, 4) is 0 Å². The Hall–Kier alpha value is -0.570. The smallest absolute Gasteiger partial charge is 0.218 e. The van der Waals surface area contributed by atoms with Crippen LogP contribution in [0.15, 0.2) is 0 Å². The van der Waals surface area contributed by atoms with Crippen molar-refractivity contribution in [3.63, 3.8) is 0 Å². The summed E-state index contributed by atoms with van der Waals surface area (Å²) in [6.45, 7) is 0. The summed E-state index contributed by atoms with van der Waals surface area (Å²) in [4.78, 5) is 10.7. The van der Waals surface area contributed by atoms with Crippen LogP contribution in [-0.2, 0) is 4.79 Å². The van der Waals surface area contributed by atoms with Crippen LogP contribution >= 0.6 is 0 Å². The van der Waals surface area contributed by atoms with E-state index in [9.17, 15) is 4.79 Å². The quantitative estimate of drug-likeness (QED) is 0.646. The van der Waals surface area contributed by atoms with Gasteiger partial charge in [0.1, 0.15) is 0 Å². The van der Waals surface area contributed by atoms with Gasteiger partial charge in [-0.15, -0.1) is 0 Å². The van der Waals surface area contributed by atoms with Crippen molar-refractivity contribution in [2.45, 2.75) is 51.0 Å². The summed E-state index contributed by atoms with van der Waals surface area (Å²) in [6.07, 6.45) is 7.86. The van der Waals surface area contributed by atoms with Crippen LogP contribution in [0, 0.1) is 5.92 Å². The van der Waals surface area contributed by atoms with Gasteiger partial charge in [0.2, 0.25) is 5.91 Å². The Bertz CT molecular complexity index is 162. The Morgan fingerprint density at radius 1 is 1.23 bits per heavy atom. The molecule has 1 rings (SSSR count). The Kier molecular flexibility index (Phi) is 4.22. The maximum atomic E-state index is 10.7. The third kappa shape index (κ3) is 3.77. The number of primary amides is 1. The summed E-state index contributed by atoms with van der Waals surface area (Å²) < 4.78 is 0. The number of hydrogen-bond donors (Lipinski definition) is 2. The predicted octanol–water partition coefficient (Wildman–Crippen LogP) is 1.16. The van der Waals surface area contributed by atoms with Crippen LogP contribution in [0.1, 0.15) is 44.9 Å². The van der Waals surface area contributed by atoms with Crippen molar-refractivity contribution in [2.75, 3.05) is 0 Å². The van der Waals surface area contributed by atoms with Gasteiger partial charge in [0.05, 0.1) is 0 Å². The van der Waals surface area contributed by atoms with Gasteiger partial charge in [-0.2, -0.15) is 0 Å². The Labute approximate surface area is 79.9 Å². The first-order chi connectivity index (χ1) is 6.20. The molecule has 13 heavy (non-hydrogen) atoms. The van der Waals surface area contributed by atoms with E-state index in [-0.39, 0.29) is 11.9 Å². The molecular weight excluding hydrogens is 164 g/mol. The van der Waals surface area contributed by atoms with E-state index in [1.807, 2.05) is 0 Å². The molecule has 0 heterocycles. The van der Waals surface area contributed by atoms with Gasteiger partial charge in [-0.05, 0) is 18.8 Å². The SMILES string of the molecule is NC(=O)CC(N)C1CCCCCC1. The summed E-state index contributed by atoms with van der Waals surface area (Å²) in [6, 6.07) is -0.00407. The average Bonchev–Trinajstić information content (AvgIpc) is 2.29. The van der Waals surface area contributed by atoms with Gasteiger partial charge in [-0.3, -0.25) is 4.79 Å². The van der Waals surface area contributed by atoms with Crippen molar-refractivity contribution < 1.29 is 4.79 Å². The first-order valence-electron chi connectivity index (χ1n) is 5.24. The normalized spacial score (nSPS) is 22.2. The highest BCUT2D eigenvalue weighted by Gasteiger charge is 2.20. The highest BCUT2D eigenvalue weighted by Crippen LogP contribution is 2.25. The fourth-order valence-electron chi connectivity index (χ4n) is 2.14. The molecule has 3 nitrogen and oxygen atoms in total. The molecular formula is C10H20N2O. The van der Waals surface area contributed by atoms with E-state index in [0.717, 1.165) is 0 Å². The van der Waals surface area contributed by atoms with Crippen LogP contribution in [0.4, 0.5) is 0 Å². The lowest BCUT2D eigenvalue weighted by molar-refractivity contribution is -0.118. The summed E-state index contributed by atoms with van der Waals surface area (Å²) >= 11 is 0. The third-order valence-corrected chi connectivity index (χ3v) is 2.94. The van der Waals surface area contributed by atoms with Gasteiger partial charge in [0, 0.05) is 12.5 Å². The molecule has 76 valence electrons. The van der Waals surface area contributed by atoms with E-state index >= 15 is 0 Å². The number of carbonyl (C=O) groups is 1. The predicted molar refractivity (Wildman–Crippen MR) is 53.0 cm³/mol. The molecule has 0 aromatic carbocycles. The summed E-state index contributed by atoms with van der Waals surface area (Å²) in [5, 5.41) is 0. The number of amides is 1. The Morgan fingerprint density at radius 3 is 2.23 bits per heavy atom. The summed E-state index contributed by atoms with van der Waals surface area (Å²) in [5.74, 6) is 0.256. The lowest BCUT2D eigenvalue weighted by Crippen LogP contribution is -2.34. The van der Waals surface area contributed by atoms with Crippen LogP contribution in [0.25, 0.3) is 0 Å². The van der Waals surface area contributed by atoms with Gasteiger partial charge in [0.15, 0.2) is 0 Å². The maximum absolute atomic E-state index is 10.7. The summed E-state index contributed by atoms with van der Waals surface area (Å²) in [5.41, 5.74) is 11.0. The third-order valence-electron chi connectivity index (χ3n) is 2.94. The van der Waals surface area contributed by atoms with Crippen LogP contribution in [0.5, 0.6) is 0 Å². The van der Waals surface area contributed by atoms with Gasteiger partial charge < -0.3 is 11.5 Å². The Balaban J connectivity index is 2.34. The van der Waals surface area contributed by atoms with Gasteiger partial charge in [0.25, 0.3) is 0 Å². The highest BCUT2D eigenvalue weighted by molar-refractivity contribution is 5.74. The molecule has 1 fully saturated rings. The van der Waals surface area contributed by atoms with E-state index in [4.69, 9.17) is 11.5 Å². The van der Waals surface area contributed by atoms with Crippen LogP contribution in [-0.4, -0.2) is 11.9 Å². The lowest BCUT2D eigenvalue weighted by Gasteiger charge is -2.20. The van der Waals surface area contributed by atoms with Gasteiger partial charge in [-0.25, -0.2) is 0 Å². The second kappa shape index (κ2) is 5.22. The van der Waals surface area contributed by atoms with E-state index in [1.54, 1.807) is 0 Å². The zero-order valence-corrected chi connectivity index (χ0v) is 8.17. The fourth-order valence-corrected chi connectivity index (χ4v) is 2.14. The second-order valence-corrected chi connectivity index (χ2v) is 4.09. The monoisotopic (exact) mass is 184 g/mol. The first kappa shape index (κ1) is 10.5. The number of carbonyl (C=O) groups excluding carboxylic acids is 1. The van der Waals surface area contributed by atoms with Crippen LogP contribution < -0.4 is 11.5 Å². The molecule has 0 aromatic rings. The molecule has 1 atom stereocenters. The summed E-state index contributed by atoms with van der Waals surface area (Å²) in [7, 11) is 0. The second-order valence-electron chi connectivity index (χ2n) is 4.09. The average molecular weight is 184 g/mol. The van der Waals surface area contributed by atoms with Crippen molar-refractivity contribution in [1.82, 2.24) is 0 Å². The van der Waals surface area contributed by atoms with Crippen molar-refractivity contribution in [1.29, 1.82) is 0 Å². The minimum atomic E-state index is -0.267. The number of nitrogens with two attached hydrogens (primary N) is 2. The molecule has 1 amide bonds. The molecule has 0 spiro atoms. The molecule has 0 saturated heterocycles. The van der Waals surface area contributed by atoms with Crippen molar-refractivity contribution >= 4 is 5.91 Å². The van der Waals surface area contributed by atoms with E-state index in [1.165, 1.54) is 38.5 Å². The van der Waals surface area contributed by atoms with Crippen molar-refractivity contribution in [3.05, 3.63) is 0 Å². The first-order valence-corrected chi connectivity index (χ1v) is 5.24. The molecule has 1 aliphatic rings. The van der Waals surface area contributed by atoms with E-state index in [2.05, 4.69) is 0 Å². The molecule has 0 aliphatic heterocycles. The van der Waals surface area contributed by atoms with Gasteiger partial charge in [-0.1, -0.05) is 25.7 Å². The van der Waals surface area contributed by atoms with E-state index < -0.39 is 0 Å². The van der Waals surface area contributed by atoms with Gasteiger partial charge >= 0.3 is 0 Å². The molecule has 0 bridgehead atoms. The molecule has 0 aromatic heterocycles. The molecule has 4 N–H and O–H groups in total. The van der Waals surface area contributed by atoms with Crippen LogP contribution in [0.3, 0.4) is 0 Å².